The summed E-state index contributed by atoms with van der Waals surface area (Å²) in [6.07, 6.45) is 7.42. The van der Waals surface area contributed by atoms with Crippen molar-refractivity contribution in [3.05, 3.63) is 29.8 Å². The average molecular weight is 248 g/mol. The Bertz CT molecular complexity index is 328. The fourth-order valence-corrected chi connectivity index (χ4v) is 2.92. The fraction of sp³-hybridized carbons (Fsp3) is 0.647. The lowest BCUT2D eigenvalue weighted by atomic mass is 9.79. The molecule has 1 rings (SSSR count). The number of rotatable bonds is 8. The highest BCUT2D eigenvalue weighted by Gasteiger charge is 2.22. The molecule has 1 aromatic rings. The zero-order valence-electron chi connectivity index (χ0n) is 12.2. The highest BCUT2D eigenvalue weighted by molar-refractivity contribution is 5.35. The second-order valence-electron chi connectivity index (χ2n) is 5.24. The van der Waals surface area contributed by atoms with Gasteiger partial charge in [-0.1, -0.05) is 71.1 Å². The van der Waals surface area contributed by atoms with Crippen molar-refractivity contribution in [2.45, 2.75) is 65.2 Å². The molecule has 0 radical (unpaired) electrons. The Morgan fingerprint density at radius 1 is 1.00 bits per heavy atom. The van der Waals surface area contributed by atoms with Crippen LogP contribution in [0.2, 0.25) is 0 Å². The highest BCUT2D eigenvalue weighted by Crippen LogP contribution is 2.38. The first-order chi connectivity index (χ1) is 8.74. The number of unbranched alkanes of at least 4 members (excludes halogenated alkanes) is 2. The molecule has 0 fully saturated rings. The first kappa shape index (κ1) is 15.1. The summed E-state index contributed by atoms with van der Waals surface area (Å²) in [7, 11) is 0. The molecule has 0 saturated carbocycles. The monoisotopic (exact) mass is 248 g/mol. The van der Waals surface area contributed by atoms with Gasteiger partial charge in [-0.05, 0) is 29.9 Å². The largest absolute Gasteiger partial charge is 0.508 e. The van der Waals surface area contributed by atoms with Gasteiger partial charge in [-0.15, -0.1) is 0 Å². The van der Waals surface area contributed by atoms with Crippen LogP contribution in [0.4, 0.5) is 0 Å². The molecule has 0 aromatic heterocycles. The van der Waals surface area contributed by atoms with Crippen molar-refractivity contribution in [3.8, 4) is 5.75 Å². The molecule has 0 heterocycles. The van der Waals surface area contributed by atoms with Gasteiger partial charge in [-0.3, -0.25) is 0 Å². The number of aromatic hydroxyl groups is 1. The number of phenols is 1. The molecule has 1 unspecified atom stereocenters. The van der Waals surface area contributed by atoms with E-state index >= 15 is 0 Å². The van der Waals surface area contributed by atoms with Crippen LogP contribution in [0.1, 0.15) is 70.8 Å². The molecule has 0 saturated heterocycles. The van der Waals surface area contributed by atoms with E-state index in [1.54, 1.807) is 0 Å². The van der Waals surface area contributed by atoms with Crippen LogP contribution in [-0.4, -0.2) is 5.11 Å². The number of phenolic OH excluding ortho intramolecular Hbond substituents is 1. The summed E-state index contributed by atoms with van der Waals surface area (Å²) in [4.78, 5) is 0. The summed E-state index contributed by atoms with van der Waals surface area (Å²) in [5.41, 5.74) is 1.15. The molecule has 1 heteroatoms. The summed E-state index contributed by atoms with van der Waals surface area (Å²) in [6, 6.07) is 7.88. The van der Waals surface area contributed by atoms with Gasteiger partial charge in [0.25, 0.3) is 0 Å². The Hall–Kier alpha value is -0.980. The minimum absolute atomic E-state index is 0.478. The van der Waals surface area contributed by atoms with E-state index < -0.39 is 0 Å². The van der Waals surface area contributed by atoms with Gasteiger partial charge in [0.15, 0.2) is 0 Å². The Kier molecular flexibility index (Phi) is 6.85. The molecule has 1 nitrogen and oxygen atoms in total. The molecule has 1 atom stereocenters. The van der Waals surface area contributed by atoms with Crippen LogP contribution in [0.3, 0.4) is 0 Å². The van der Waals surface area contributed by atoms with Gasteiger partial charge < -0.3 is 5.11 Å². The topological polar surface area (TPSA) is 20.2 Å². The van der Waals surface area contributed by atoms with Gasteiger partial charge in [-0.2, -0.15) is 0 Å². The summed E-state index contributed by atoms with van der Waals surface area (Å²) in [6.45, 7) is 6.77. The van der Waals surface area contributed by atoms with Gasteiger partial charge in [-0.25, -0.2) is 0 Å². The molecule has 1 aromatic carbocycles. The van der Waals surface area contributed by atoms with Gasteiger partial charge >= 0.3 is 0 Å². The SMILES string of the molecule is CCCCCC(c1ccccc1O)C(CC)CC. The third-order valence-electron chi connectivity index (χ3n) is 4.07. The van der Waals surface area contributed by atoms with Gasteiger partial charge in [0.1, 0.15) is 5.75 Å². The van der Waals surface area contributed by atoms with E-state index in [0.717, 1.165) is 5.56 Å². The lowest BCUT2D eigenvalue weighted by Crippen LogP contribution is -2.12. The van der Waals surface area contributed by atoms with Crippen LogP contribution in [0.15, 0.2) is 24.3 Å². The maximum atomic E-state index is 10.1. The molecule has 18 heavy (non-hydrogen) atoms. The smallest absolute Gasteiger partial charge is 0.119 e. The third-order valence-corrected chi connectivity index (χ3v) is 4.07. The Morgan fingerprint density at radius 3 is 2.22 bits per heavy atom. The number of benzene rings is 1. The summed E-state index contributed by atoms with van der Waals surface area (Å²) in [5, 5.41) is 10.1. The Labute approximate surface area is 112 Å². The molecule has 0 aliphatic heterocycles. The van der Waals surface area contributed by atoms with Crippen molar-refractivity contribution in [3.63, 3.8) is 0 Å². The van der Waals surface area contributed by atoms with Gasteiger partial charge in [0, 0.05) is 0 Å². The summed E-state index contributed by atoms with van der Waals surface area (Å²) >= 11 is 0. The second kappa shape index (κ2) is 8.18. The van der Waals surface area contributed by atoms with Crippen molar-refractivity contribution in [1.82, 2.24) is 0 Å². The summed E-state index contributed by atoms with van der Waals surface area (Å²) < 4.78 is 0. The number of para-hydroxylation sites is 1. The quantitative estimate of drug-likeness (QED) is 0.603. The molecule has 0 spiro atoms. The first-order valence-electron chi connectivity index (χ1n) is 7.52. The number of hydrogen-bond acceptors (Lipinski definition) is 1. The molecule has 0 bridgehead atoms. The van der Waals surface area contributed by atoms with Crippen molar-refractivity contribution in [2.75, 3.05) is 0 Å². The number of hydrogen-bond donors (Lipinski definition) is 1. The lowest BCUT2D eigenvalue weighted by molar-refractivity contribution is 0.355. The zero-order chi connectivity index (χ0) is 13.4. The summed E-state index contributed by atoms with van der Waals surface area (Å²) in [5.74, 6) is 1.69. The maximum absolute atomic E-state index is 10.1. The molecular formula is C17H28O. The molecule has 0 aliphatic rings. The van der Waals surface area contributed by atoms with Crippen LogP contribution < -0.4 is 0 Å². The van der Waals surface area contributed by atoms with E-state index in [1.807, 2.05) is 18.2 Å². The Balaban J connectivity index is 2.85. The van der Waals surface area contributed by atoms with E-state index in [1.165, 1.54) is 38.5 Å². The van der Waals surface area contributed by atoms with Crippen LogP contribution >= 0.6 is 0 Å². The zero-order valence-corrected chi connectivity index (χ0v) is 12.2. The van der Waals surface area contributed by atoms with Crippen molar-refractivity contribution in [2.24, 2.45) is 5.92 Å². The maximum Gasteiger partial charge on any atom is 0.119 e. The standard InChI is InChI=1S/C17H28O/c1-4-7-8-11-15(14(5-2)6-3)16-12-9-10-13-17(16)18/h9-10,12-15,18H,4-8,11H2,1-3H3. The minimum atomic E-state index is 0.478. The predicted molar refractivity (Wildman–Crippen MR) is 79.1 cm³/mol. The van der Waals surface area contributed by atoms with E-state index in [4.69, 9.17) is 0 Å². The normalized spacial score (nSPS) is 12.9. The van der Waals surface area contributed by atoms with Crippen molar-refractivity contribution >= 4 is 0 Å². The van der Waals surface area contributed by atoms with Crippen molar-refractivity contribution in [1.29, 1.82) is 0 Å². The van der Waals surface area contributed by atoms with E-state index in [9.17, 15) is 5.11 Å². The molecule has 1 N–H and O–H groups in total. The van der Waals surface area contributed by atoms with Crippen LogP contribution in [0.5, 0.6) is 5.75 Å². The minimum Gasteiger partial charge on any atom is -0.508 e. The van der Waals surface area contributed by atoms with Crippen LogP contribution in [0, 0.1) is 5.92 Å². The van der Waals surface area contributed by atoms with E-state index in [2.05, 4.69) is 26.8 Å². The predicted octanol–water partition coefficient (Wildman–Crippen LogP) is 5.49. The average Bonchev–Trinajstić information content (AvgIpc) is 2.39. The highest BCUT2D eigenvalue weighted by atomic mass is 16.3. The first-order valence-corrected chi connectivity index (χ1v) is 7.52. The van der Waals surface area contributed by atoms with Gasteiger partial charge in [0.2, 0.25) is 0 Å². The third kappa shape index (κ3) is 4.04. The Morgan fingerprint density at radius 2 is 1.67 bits per heavy atom. The van der Waals surface area contributed by atoms with Crippen LogP contribution in [0.25, 0.3) is 0 Å². The molecule has 102 valence electrons. The molecule has 0 aliphatic carbocycles. The van der Waals surface area contributed by atoms with Gasteiger partial charge in [0.05, 0.1) is 0 Å². The van der Waals surface area contributed by atoms with E-state index in [0.29, 0.717) is 17.6 Å². The second-order valence-corrected chi connectivity index (χ2v) is 5.24. The molecular weight excluding hydrogens is 220 g/mol. The van der Waals surface area contributed by atoms with E-state index in [-0.39, 0.29) is 0 Å². The van der Waals surface area contributed by atoms with Crippen LogP contribution in [-0.2, 0) is 0 Å². The molecule has 0 amide bonds. The fourth-order valence-electron chi connectivity index (χ4n) is 2.92. The lowest BCUT2D eigenvalue weighted by Gasteiger charge is -2.26. The van der Waals surface area contributed by atoms with Crippen molar-refractivity contribution < 1.29 is 5.11 Å².